The van der Waals surface area contributed by atoms with Gasteiger partial charge in [0.25, 0.3) is 0 Å². The van der Waals surface area contributed by atoms with Gasteiger partial charge in [-0.05, 0) is 13.8 Å². The van der Waals surface area contributed by atoms with Gasteiger partial charge in [-0.25, -0.2) is 0 Å². The minimum absolute atomic E-state index is 0.00806. The molecule has 2 atom stereocenters. The largest absolute Gasteiger partial charge is 0.299 e. The maximum absolute atomic E-state index is 11.6. The number of fused-ring (bicyclic) bond motifs is 1. The fourth-order valence-electron chi connectivity index (χ4n) is 1.88. The Kier molecular flexibility index (Phi) is 1.91. The van der Waals surface area contributed by atoms with Crippen LogP contribution in [0.1, 0.15) is 20.3 Å². The molecule has 0 radical (unpaired) electrons. The predicted octanol–water partition coefficient (Wildman–Crippen LogP) is 1.92. The summed E-state index contributed by atoms with van der Waals surface area (Å²) < 4.78 is 0. The Hall–Kier alpha value is -1.18. The summed E-state index contributed by atoms with van der Waals surface area (Å²) in [6.45, 7) is 3.94. The summed E-state index contributed by atoms with van der Waals surface area (Å²) in [7, 11) is 0. The van der Waals surface area contributed by atoms with Crippen molar-refractivity contribution in [3.8, 4) is 0 Å². The van der Waals surface area contributed by atoms with Crippen molar-refractivity contribution in [2.75, 3.05) is 0 Å². The van der Waals surface area contributed by atoms with Crippen molar-refractivity contribution in [1.29, 1.82) is 0 Å². The van der Waals surface area contributed by atoms with E-state index >= 15 is 0 Å². The summed E-state index contributed by atoms with van der Waals surface area (Å²) in [5.74, 6) is 0.315. The molecule has 2 nitrogen and oxygen atoms in total. The van der Waals surface area contributed by atoms with Gasteiger partial charge in [-0.3, -0.25) is 9.79 Å². The van der Waals surface area contributed by atoms with Crippen LogP contribution in [0.2, 0.25) is 0 Å². The van der Waals surface area contributed by atoms with Gasteiger partial charge < -0.3 is 0 Å². The molecule has 0 aromatic heterocycles. The minimum atomic E-state index is 0.00806. The molecule has 1 heterocycles. The van der Waals surface area contributed by atoms with E-state index in [0.29, 0.717) is 12.2 Å². The van der Waals surface area contributed by atoms with Gasteiger partial charge in [-0.2, -0.15) is 0 Å². The third-order valence-electron chi connectivity index (χ3n) is 2.54. The van der Waals surface area contributed by atoms with Gasteiger partial charge in [-0.1, -0.05) is 23.8 Å². The number of aliphatic imine (C=N–C) groups is 1. The summed E-state index contributed by atoms with van der Waals surface area (Å²) in [5, 5.41) is 0. The summed E-state index contributed by atoms with van der Waals surface area (Å²) in [5.41, 5.74) is 2.13. The van der Waals surface area contributed by atoms with E-state index in [-0.39, 0.29) is 12.0 Å². The van der Waals surface area contributed by atoms with Crippen LogP contribution < -0.4 is 0 Å². The lowest BCUT2D eigenvalue weighted by Crippen LogP contribution is -2.32. The van der Waals surface area contributed by atoms with Crippen LogP contribution in [-0.2, 0) is 4.79 Å². The van der Waals surface area contributed by atoms with E-state index in [1.54, 1.807) is 0 Å². The first-order valence-corrected chi connectivity index (χ1v) is 4.59. The SMILES string of the molecule is CC1=CC2C(=O)CC(C)=NC2C=C1. The van der Waals surface area contributed by atoms with Crippen molar-refractivity contribution >= 4 is 11.5 Å². The first-order valence-electron chi connectivity index (χ1n) is 4.59. The average Bonchev–Trinajstić information content (AvgIpc) is 2.06. The fraction of sp³-hybridized carbons (Fsp3) is 0.455. The van der Waals surface area contributed by atoms with Crippen LogP contribution in [0.5, 0.6) is 0 Å². The van der Waals surface area contributed by atoms with Gasteiger partial charge in [0.15, 0.2) is 0 Å². The van der Waals surface area contributed by atoms with Crippen LogP contribution in [0.25, 0.3) is 0 Å². The molecule has 13 heavy (non-hydrogen) atoms. The first kappa shape index (κ1) is 8.42. The second-order valence-corrected chi connectivity index (χ2v) is 3.79. The lowest BCUT2D eigenvalue weighted by atomic mass is 9.84. The van der Waals surface area contributed by atoms with Gasteiger partial charge in [0.2, 0.25) is 0 Å². The van der Waals surface area contributed by atoms with Crippen LogP contribution in [0.3, 0.4) is 0 Å². The third-order valence-corrected chi connectivity index (χ3v) is 2.54. The predicted molar refractivity (Wildman–Crippen MR) is 52.9 cm³/mol. The highest BCUT2D eigenvalue weighted by molar-refractivity contribution is 6.05. The molecule has 0 saturated carbocycles. The van der Waals surface area contributed by atoms with Gasteiger partial charge in [0, 0.05) is 12.1 Å². The second kappa shape index (κ2) is 2.95. The van der Waals surface area contributed by atoms with E-state index in [2.05, 4.69) is 4.99 Å². The number of carbonyl (C=O) groups excluding carboxylic acids is 1. The Morgan fingerprint density at radius 3 is 3.00 bits per heavy atom. The summed E-state index contributed by atoms with van der Waals surface area (Å²) >= 11 is 0. The standard InChI is InChI=1S/C11H13NO/c1-7-3-4-10-9(5-7)11(13)6-8(2)12-10/h3-5,9-10H,6H2,1-2H3. The molecule has 0 aromatic rings. The fourth-order valence-corrected chi connectivity index (χ4v) is 1.88. The second-order valence-electron chi connectivity index (χ2n) is 3.79. The topological polar surface area (TPSA) is 29.4 Å². The lowest BCUT2D eigenvalue weighted by molar-refractivity contribution is -0.120. The van der Waals surface area contributed by atoms with Gasteiger partial charge in [0.1, 0.15) is 5.78 Å². The molecule has 1 aliphatic carbocycles. The Morgan fingerprint density at radius 2 is 2.23 bits per heavy atom. The normalized spacial score (nSPS) is 32.3. The monoisotopic (exact) mass is 175 g/mol. The summed E-state index contributed by atoms with van der Waals surface area (Å²) in [6.07, 6.45) is 6.62. The van der Waals surface area contributed by atoms with Crippen molar-refractivity contribution < 1.29 is 4.79 Å². The minimum Gasteiger partial charge on any atom is -0.299 e. The molecule has 2 unspecified atom stereocenters. The Balaban J connectivity index is 2.35. The van der Waals surface area contributed by atoms with E-state index in [1.165, 1.54) is 5.57 Å². The maximum Gasteiger partial charge on any atom is 0.147 e. The van der Waals surface area contributed by atoms with Gasteiger partial charge >= 0.3 is 0 Å². The molecule has 2 heteroatoms. The average molecular weight is 175 g/mol. The number of hydrogen-bond acceptors (Lipinski definition) is 2. The molecule has 2 rings (SSSR count). The Morgan fingerprint density at radius 1 is 1.46 bits per heavy atom. The Labute approximate surface area is 78.1 Å². The molecule has 0 aromatic carbocycles. The quantitative estimate of drug-likeness (QED) is 0.553. The summed E-state index contributed by atoms with van der Waals surface area (Å²) in [6, 6.07) is 0.0740. The third kappa shape index (κ3) is 1.48. The number of ketones is 1. The van der Waals surface area contributed by atoms with Crippen molar-refractivity contribution in [3.05, 3.63) is 23.8 Å². The molecule has 0 saturated heterocycles. The molecule has 0 bridgehead atoms. The zero-order chi connectivity index (χ0) is 9.42. The van der Waals surface area contributed by atoms with Gasteiger partial charge in [0.05, 0.1) is 12.0 Å². The molecule has 2 aliphatic rings. The molecular weight excluding hydrogens is 162 g/mol. The van der Waals surface area contributed by atoms with Crippen LogP contribution in [-0.4, -0.2) is 17.5 Å². The zero-order valence-corrected chi connectivity index (χ0v) is 7.95. The van der Waals surface area contributed by atoms with E-state index in [0.717, 1.165) is 5.71 Å². The molecule has 0 amide bonds. The van der Waals surface area contributed by atoms with E-state index < -0.39 is 0 Å². The first-order chi connectivity index (χ1) is 6.16. The lowest BCUT2D eigenvalue weighted by Gasteiger charge is -2.25. The Bertz CT molecular complexity index is 336. The number of Topliss-reactive ketones (excluding diaryl/α,β-unsaturated/α-hetero) is 1. The van der Waals surface area contributed by atoms with Crippen molar-refractivity contribution in [3.63, 3.8) is 0 Å². The maximum atomic E-state index is 11.6. The molecule has 0 N–H and O–H groups in total. The smallest absolute Gasteiger partial charge is 0.147 e. The highest BCUT2D eigenvalue weighted by Crippen LogP contribution is 2.25. The number of hydrogen-bond donors (Lipinski definition) is 0. The van der Waals surface area contributed by atoms with Crippen LogP contribution in [0.15, 0.2) is 28.8 Å². The van der Waals surface area contributed by atoms with Gasteiger partial charge in [-0.15, -0.1) is 0 Å². The van der Waals surface area contributed by atoms with Crippen LogP contribution in [0.4, 0.5) is 0 Å². The molecular formula is C11H13NO. The van der Waals surface area contributed by atoms with Crippen LogP contribution in [0, 0.1) is 5.92 Å². The summed E-state index contributed by atoms with van der Waals surface area (Å²) in [4.78, 5) is 16.1. The van der Waals surface area contributed by atoms with Crippen molar-refractivity contribution in [2.45, 2.75) is 26.3 Å². The highest BCUT2D eigenvalue weighted by atomic mass is 16.1. The molecule has 1 aliphatic heterocycles. The van der Waals surface area contributed by atoms with E-state index in [9.17, 15) is 4.79 Å². The number of carbonyl (C=O) groups is 1. The number of nitrogens with zero attached hydrogens (tertiary/aromatic N) is 1. The molecule has 0 fully saturated rings. The van der Waals surface area contributed by atoms with E-state index in [1.807, 2.05) is 32.1 Å². The van der Waals surface area contributed by atoms with E-state index in [4.69, 9.17) is 0 Å². The number of rotatable bonds is 0. The highest BCUT2D eigenvalue weighted by Gasteiger charge is 2.29. The number of allylic oxidation sites excluding steroid dienone is 2. The van der Waals surface area contributed by atoms with Crippen molar-refractivity contribution in [2.24, 2.45) is 10.9 Å². The molecule has 68 valence electrons. The van der Waals surface area contributed by atoms with Crippen molar-refractivity contribution in [1.82, 2.24) is 0 Å². The van der Waals surface area contributed by atoms with Crippen LogP contribution >= 0.6 is 0 Å². The zero-order valence-electron chi connectivity index (χ0n) is 7.95. The molecule has 0 spiro atoms.